The summed E-state index contributed by atoms with van der Waals surface area (Å²) in [5, 5.41) is 8.26. The molecule has 0 amide bonds. The zero-order valence-corrected chi connectivity index (χ0v) is 12.9. The van der Waals surface area contributed by atoms with Crippen molar-refractivity contribution in [3.8, 4) is 5.69 Å². The number of para-hydroxylation sites is 1. The van der Waals surface area contributed by atoms with Crippen LogP contribution in [0.5, 0.6) is 0 Å². The molecular formula is C16H18FN5O. The molecule has 0 spiro atoms. The van der Waals surface area contributed by atoms with Gasteiger partial charge in [-0.05, 0) is 25.5 Å². The number of nitrogens with one attached hydrogen (secondary N) is 1. The van der Waals surface area contributed by atoms with Gasteiger partial charge >= 0.3 is 0 Å². The van der Waals surface area contributed by atoms with Crippen LogP contribution < -0.4 is 5.32 Å². The second-order valence-corrected chi connectivity index (χ2v) is 4.94. The molecule has 2 heterocycles. The number of hydrogen-bond donors (Lipinski definition) is 1. The van der Waals surface area contributed by atoms with Crippen molar-refractivity contribution in [2.24, 2.45) is 0 Å². The molecular weight excluding hydrogens is 297 g/mol. The number of ether oxygens (including phenoxy) is 1. The number of halogens is 1. The predicted octanol–water partition coefficient (Wildman–Crippen LogP) is 2.79. The van der Waals surface area contributed by atoms with Gasteiger partial charge in [-0.15, -0.1) is 0 Å². The van der Waals surface area contributed by atoms with Crippen LogP contribution in [0.1, 0.15) is 13.3 Å². The maximum atomic E-state index is 14.0. The maximum Gasteiger partial charge on any atom is 0.168 e. The third-order valence-electron chi connectivity index (χ3n) is 3.41. The van der Waals surface area contributed by atoms with Gasteiger partial charge in [-0.1, -0.05) is 12.1 Å². The number of fused-ring (bicyclic) bond motifs is 1. The SMILES string of the molecule is CCOCCCNc1ncnc2c1cnn2-c1ccccc1F. The molecule has 1 N–H and O–H groups in total. The largest absolute Gasteiger partial charge is 0.382 e. The zero-order valence-electron chi connectivity index (χ0n) is 12.9. The number of nitrogens with zero attached hydrogens (tertiary/aromatic N) is 4. The first-order chi connectivity index (χ1) is 11.3. The minimum atomic E-state index is -0.345. The van der Waals surface area contributed by atoms with Gasteiger partial charge in [-0.25, -0.2) is 19.0 Å². The minimum Gasteiger partial charge on any atom is -0.382 e. The second kappa shape index (κ2) is 7.15. The van der Waals surface area contributed by atoms with Crippen LogP contribution in [0.3, 0.4) is 0 Å². The van der Waals surface area contributed by atoms with Crippen LogP contribution >= 0.6 is 0 Å². The van der Waals surface area contributed by atoms with Crippen molar-refractivity contribution >= 4 is 16.9 Å². The first-order valence-electron chi connectivity index (χ1n) is 7.56. The number of benzene rings is 1. The lowest BCUT2D eigenvalue weighted by atomic mass is 10.3. The van der Waals surface area contributed by atoms with Crippen molar-refractivity contribution in [2.75, 3.05) is 25.1 Å². The highest BCUT2D eigenvalue weighted by molar-refractivity contribution is 5.87. The Morgan fingerprint density at radius 1 is 1.26 bits per heavy atom. The number of hydrogen-bond acceptors (Lipinski definition) is 5. The summed E-state index contributed by atoms with van der Waals surface area (Å²) in [6, 6.07) is 6.47. The average Bonchev–Trinajstić information content (AvgIpc) is 3.00. The van der Waals surface area contributed by atoms with E-state index in [2.05, 4.69) is 20.4 Å². The molecule has 0 radical (unpaired) electrons. The summed E-state index contributed by atoms with van der Waals surface area (Å²) in [6.45, 7) is 4.12. The smallest absolute Gasteiger partial charge is 0.168 e. The van der Waals surface area contributed by atoms with E-state index < -0.39 is 0 Å². The molecule has 0 fully saturated rings. The third kappa shape index (κ3) is 3.29. The Kier molecular flexibility index (Phi) is 4.77. The van der Waals surface area contributed by atoms with Gasteiger partial charge in [0, 0.05) is 19.8 Å². The molecule has 120 valence electrons. The van der Waals surface area contributed by atoms with Crippen LogP contribution in [0.15, 0.2) is 36.8 Å². The average molecular weight is 315 g/mol. The number of rotatable bonds is 7. The van der Waals surface area contributed by atoms with E-state index in [0.29, 0.717) is 30.4 Å². The Morgan fingerprint density at radius 2 is 2.13 bits per heavy atom. The number of aromatic nitrogens is 4. The topological polar surface area (TPSA) is 64.9 Å². The highest BCUT2D eigenvalue weighted by Crippen LogP contribution is 2.22. The van der Waals surface area contributed by atoms with Gasteiger partial charge in [0.25, 0.3) is 0 Å². The highest BCUT2D eigenvalue weighted by atomic mass is 19.1. The first kappa shape index (κ1) is 15.4. The molecule has 2 aromatic heterocycles. The van der Waals surface area contributed by atoms with Crippen LogP contribution in [0.4, 0.5) is 10.2 Å². The molecule has 1 aromatic carbocycles. The molecule has 0 aliphatic heterocycles. The summed E-state index contributed by atoms with van der Waals surface area (Å²) >= 11 is 0. The number of anilines is 1. The van der Waals surface area contributed by atoms with Gasteiger partial charge in [0.05, 0.1) is 11.6 Å². The molecule has 0 bridgehead atoms. The summed E-state index contributed by atoms with van der Waals surface area (Å²) in [6.07, 6.45) is 3.97. The van der Waals surface area contributed by atoms with E-state index in [4.69, 9.17) is 4.74 Å². The van der Waals surface area contributed by atoms with E-state index in [1.807, 2.05) is 6.92 Å². The van der Waals surface area contributed by atoms with E-state index in [-0.39, 0.29) is 5.82 Å². The van der Waals surface area contributed by atoms with E-state index in [9.17, 15) is 4.39 Å². The van der Waals surface area contributed by atoms with Gasteiger partial charge < -0.3 is 10.1 Å². The van der Waals surface area contributed by atoms with Crippen LogP contribution in [-0.2, 0) is 4.74 Å². The molecule has 6 nitrogen and oxygen atoms in total. The van der Waals surface area contributed by atoms with Crippen molar-refractivity contribution < 1.29 is 9.13 Å². The molecule has 0 saturated heterocycles. The fourth-order valence-corrected chi connectivity index (χ4v) is 2.31. The molecule has 0 aliphatic carbocycles. The van der Waals surface area contributed by atoms with E-state index >= 15 is 0 Å². The summed E-state index contributed by atoms with van der Waals surface area (Å²) < 4.78 is 20.8. The van der Waals surface area contributed by atoms with Gasteiger partial charge in [0.15, 0.2) is 5.65 Å². The van der Waals surface area contributed by atoms with Crippen molar-refractivity contribution in [1.82, 2.24) is 19.7 Å². The molecule has 3 rings (SSSR count). The summed E-state index contributed by atoms with van der Waals surface area (Å²) in [7, 11) is 0. The second-order valence-electron chi connectivity index (χ2n) is 4.94. The van der Waals surface area contributed by atoms with Crippen LogP contribution in [0, 0.1) is 5.82 Å². The van der Waals surface area contributed by atoms with Gasteiger partial charge in [0.2, 0.25) is 0 Å². The van der Waals surface area contributed by atoms with Crippen molar-refractivity contribution in [2.45, 2.75) is 13.3 Å². The van der Waals surface area contributed by atoms with Crippen molar-refractivity contribution in [3.05, 3.63) is 42.6 Å². The van der Waals surface area contributed by atoms with Crippen LogP contribution in [0.2, 0.25) is 0 Å². The van der Waals surface area contributed by atoms with Gasteiger partial charge in [-0.2, -0.15) is 5.10 Å². The first-order valence-corrected chi connectivity index (χ1v) is 7.56. The standard InChI is InChI=1S/C16H18FN5O/c1-2-23-9-5-8-18-15-12-10-21-22(16(12)20-11-19-15)14-7-4-3-6-13(14)17/h3-4,6-7,10-11H,2,5,8-9H2,1H3,(H,18,19,20). The fraction of sp³-hybridized carbons (Fsp3) is 0.312. The quantitative estimate of drug-likeness (QED) is 0.679. The van der Waals surface area contributed by atoms with Gasteiger partial charge in [0.1, 0.15) is 23.6 Å². The summed E-state index contributed by atoms with van der Waals surface area (Å²) in [5.41, 5.74) is 0.931. The molecule has 0 aliphatic rings. The Balaban J connectivity index is 1.85. The van der Waals surface area contributed by atoms with E-state index in [1.165, 1.54) is 17.1 Å². The lowest BCUT2D eigenvalue weighted by molar-refractivity contribution is 0.147. The summed E-state index contributed by atoms with van der Waals surface area (Å²) in [5.74, 6) is 0.344. The molecule has 0 unspecified atom stereocenters. The molecule has 0 atom stereocenters. The lowest BCUT2D eigenvalue weighted by Gasteiger charge is -2.07. The molecule has 23 heavy (non-hydrogen) atoms. The normalized spacial score (nSPS) is 11.0. The third-order valence-corrected chi connectivity index (χ3v) is 3.41. The van der Waals surface area contributed by atoms with Crippen molar-refractivity contribution in [1.29, 1.82) is 0 Å². The summed E-state index contributed by atoms with van der Waals surface area (Å²) in [4.78, 5) is 8.48. The minimum absolute atomic E-state index is 0.345. The van der Waals surface area contributed by atoms with Crippen molar-refractivity contribution in [3.63, 3.8) is 0 Å². The van der Waals surface area contributed by atoms with Crippen LogP contribution in [-0.4, -0.2) is 39.5 Å². The molecule has 3 aromatic rings. The van der Waals surface area contributed by atoms with Gasteiger partial charge in [-0.3, -0.25) is 0 Å². The lowest BCUT2D eigenvalue weighted by Crippen LogP contribution is -2.07. The zero-order chi connectivity index (χ0) is 16.1. The van der Waals surface area contributed by atoms with Crippen LogP contribution in [0.25, 0.3) is 16.7 Å². The Labute approximate surface area is 133 Å². The fourth-order valence-electron chi connectivity index (χ4n) is 2.31. The molecule has 7 heteroatoms. The Hall–Kier alpha value is -2.54. The Bertz CT molecular complexity index is 789. The van der Waals surface area contributed by atoms with E-state index in [1.54, 1.807) is 24.4 Å². The predicted molar refractivity (Wildman–Crippen MR) is 86.2 cm³/mol. The Morgan fingerprint density at radius 3 is 2.96 bits per heavy atom. The monoisotopic (exact) mass is 315 g/mol. The maximum absolute atomic E-state index is 14.0. The molecule has 0 saturated carbocycles. The van der Waals surface area contributed by atoms with E-state index in [0.717, 1.165) is 18.4 Å². The highest BCUT2D eigenvalue weighted by Gasteiger charge is 2.13.